The molecule has 0 aliphatic heterocycles. The molecule has 0 saturated carbocycles. The Bertz CT molecular complexity index is 506. The van der Waals surface area contributed by atoms with Crippen molar-refractivity contribution in [2.75, 3.05) is 5.43 Å². The van der Waals surface area contributed by atoms with Gasteiger partial charge >= 0.3 is 0 Å². The van der Waals surface area contributed by atoms with Gasteiger partial charge in [0.2, 0.25) is 0 Å². The Morgan fingerprint density at radius 1 is 1.06 bits per heavy atom. The van der Waals surface area contributed by atoms with Crippen molar-refractivity contribution >= 4 is 5.69 Å². The molecule has 3 heteroatoms. The molecule has 0 aliphatic rings. The number of hydrogen-bond donors (Lipinski definition) is 2. The van der Waals surface area contributed by atoms with Crippen LogP contribution >= 0.6 is 0 Å². The summed E-state index contributed by atoms with van der Waals surface area (Å²) in [5, 5.41) is 0. The van der Waals surface area contributed by atoms with Gasteiger partial charge in [0, 0.05) is 11.8 Å². The van der Waals surface area contributed by atoms with Crippen LogP contribution in [0.15, 0.2) is 36.5 Å². The average Bonchev–Trinajstić information content (AvgIpc) is 2.33. The highest BCUT2D eigenvalue weighted by molar-refractivity contribution is 5.64. The summed E-state index contributed by atoms with van der Waals surface area (Å²) in [7, 11) is 0. The van der Waals surface area contributed by atoms with Crippen molar-refractivity contribution < 1.29 is 0 Å². The number of aromatic nitrogens is 1. The summed E-state index contributed by atoms with van der Waals surface area (Å²) in [6, 6.07) is 10.1. The Morgan fingerprint density at radius 3 is 2.56 bits per heavy atom. The van der Waals surface area contributed by atoms with Crippen molar-refractivity contribution in [2.45, 2.75) is 13.8 Å². The van der Waals surface area contributed by atoms with Gasteiger partial charge in [-0.25, -0.2) is 0 Å². The predicted molar refractivity (Wildman–Crippen MR) is 67.0 cm³/mol. The summed E-state index contributed by atoms with van der Waals surface area (Å²) < 4.78 is 0. The number of nitrogen functional groups attached to an aromatic ring is 1. The van der Waals surface area contributed by atoms with Crippen LogP contribution in [-0.4, -0.2) is 4.98 Å². The van der Waals surface area contributed by atoms with E-state index >= 15 is 0 Å². The summed E-state index contributed by atoms with van der Waals surface area (Å²) in [6.07, 6.45) is 1.75. The smallest absolute Gasteiger partial charge is 0.0723 e. The average molecular weight is 213 g/mol. The Labute approximate surface area is 95.3 Å². The highest BCUT2D eigenvalue weighted by Gasteiger charge is 2.01. The molecule has 1 heterocycles. The fraction of sp³-hybridized carbons (Fsp3) is 0.154. The van der Waals surface area contributed by atoms with Gasteiger partial charge < -0.3 is 5.43 Å². The molecule has 0 spiro atoms. The lowest BCUT2D eigenvalue weighted by Crippen LogP contribution is -2.06. The quantitative estimate of drug-likeness (QED) is 0.595. The zero-order chi connectivity index (χ0) is 11.5. The van der Waals surface area contributed by atoms with E-state index in [1.54, 1.807) is 6.20 Å². The maximum Gasteiger partial charge on any atom is 0.0723 e. The highest BCUT2D eigenvalue weighted by Crippen LogP contribution is 2.22. The van der Waals surface area contributed by atoms with Crippen LogP contribution < -0.4 is 11.3 Å². The Kier molecular flexibility index (Phi) is 2.88. The fourth-order valence-electron chi connectivity index (χ4n) is 1.58. The molecule has 3 N–H and O–H groups in total. The summed E-state index contributed by atoms with van der Waals surface area (Å²) in [4.78, 5) is 4.33. The Morgan fingerprint density at radius 2 is 1.88 bits per heavy atom. The van der Waals surface area contributed by atoms with Crippen molar-refractivity contribution in [3.8, 4) is 11.3 Å². The normalized spacial score (nSPS) is 10.2. The van der Waals surface area contributed by atoms with E-state index in [-0.39, 0.29) is 0 Å². The predicted octanol–water partition coefficient (Wildman–Crippen LogP) is 2.65. The van der Waals surface area contributed by atoms with Crippen molar-refractivity contribution in [3.05, 3.63) is 47.7 Å². The first kappa shape index (κ1) is 10.6. The van der Waals surface area contributed by atoms with Gasteiger partial charge in [-0.1, -0.05) is 12.1 Å². The van der Waals surface area contributed by atoms with Crippen LogP contribution in [-0.2, 0) is 0 Å². The minimum atomic E-state index is 0.864. The molecule has 16 heavy (non-hydrogen) atoms. The SMILES string of the molecule is Cc1ccc(-c2cc(NN)ccn2)cc1C. The maximum absolute atomic E-state index is 5.37. The third kappa shape index (κ3) is 2.04. The van der Waals surface area contributed by atoms with E-state index in [2.05, 4.69) is 42.5 Å². The first-order valence-electron chi connectivity index (χ1n) is 5.21. The van der Waals surface area contributed by atoms with E-state index in [9.17, 15) is 0 Å². The van der Waals surface area contributed by atoms with E-state index < -0.39 is 0 Å². The number of nitrogens with two attached hydrogens (primary N) is 1. The van der Waals surface area contributed by atoms with Gasteiger partial charge in [0.1, 0.15) is 0 Å². The molecule has 0 aliphatic carbocycles. The molecule has 0 fully saturated rings. The standard InChI is InChI=1S/C13H15N3/c1-9-3-4-11(7-10(9)2)13-8-12(16-14)5-6-15-13/h3-8H,14H2,1-2H3,(H,15,16). The minimum absolute atomic E-state index is 0.864. The van der Waals surface area contributed by atoms with Crippen LogP contribution in [0.3, 0.4) is 0 Å². The molecular weight excluding hydrogens is 198 g/mol. The summed E-state index contributed by atoms with van der Waals surface area (Å²) >= 11 is 0. The number of rotatable bonds is 2. The minimum Gasteiger partial charge on any atom is -0.324 e. The number of pyridine rings is 1. The number of hydrazine groups is 1. The van der Waals surface area contributed by atoms with Crippen molar-refractivity contribution in [1.29, 1.82) is 0 Å². The lowest BCUT2D eigenvalue weighted by molar-refractivity contribution is 1.27. The summed E-state index contributed by atoms with van der Waals surface area (Å²) in [5.74, 6) is 5.37. The lowest BCUT2D eigenvalue weighted by Gasteiger charge is -2.06. The first-order valence-corrected chi connectivity index (χ1v) is 5.21. The molecule has 1 aromatic heterocycles. The van der Waals surface area contributed by atoms with Gasteiger partial charge in [0.05, 0.1) is 11.4 Å². The molecule has 3 nitrogen and oxygen atoms in total. The number of nitrogens with zero attached hydrogens (tertiary/aromatic N) is 1. The molecule has 0 atom stereocenters. The van der Waals surface area contributed by atoms with Crippen LogP contribution in [0.1, 0.15) is 11.1 Å². The van der Waals surface area contributed by atoms with Gasteiger partial charge in [-0.2, -0.15) is 0 Å². The van der Waals surface area contributed by atoms with Gasteiger partial charge in [-0.05, 0) is 43.2 Å². The molecular formula is C13H15N3. The number of aryl methyl sites for hydroxylation is 2. The number of nitrogens with one attached hydrogen (secondary N) is 1. The fourth-order valence-corrected chi connectivity index (χ4v) is 1.58. The van der Waals surface area contributed by atoms with Gasteiger partial charge in [-0.15, -0.1) is 0 Å². The topological polar surface area (TPSA) is 50.9 Å². The molecule has 0 radical (unpaired) electrons. The Hall–Kier alpha value is -1.87. The van der Waals surface area contributed by atoms with E-state index in [0.29, 0.717) is 0 Å². The molecule has 2 rings (SSSR count). The van der Waals surface area contributed by atoms with E-state index in [1.807, 2.05) is 12.1 Å². The summed E-state index contributed by atoms with van der Waals surface area (Å²) in [5.41, 5.74) is 8.09. The third-order valence-corrected chi connectivity index (χ3v) is 2.73. The summed E-state index contributed by atoms with van der Waals surface area (Å²) in [6.45, 7) is 4.20. The van der Waals surface area contributed by atoms with E-state index in [0.717, 1.165) is 16.9 Å². The van der Waals surface area contributed by atoms with Gasteiger partial charge in [-0.3, -0.25) is 10.8 Å². The molecule has 0 unspecified atom stereocenters. The highest BCUT2D eigenvalue weighted by atomic mass is 15.2. The largest absolute Gasteiger partial charge is 0.324 e. The van der Waals surface area contributed by atoms with Crippen LogP contribution in [0.5, 0.6) is 0 Å². The van der Waals surface area contributed by atoms with Crippen LogP contribution in [0.4, 0.5) is 5.69 Å². The van der Waals surface area contributed by atoms with Crippen LogP contribution in [0.25, 0.3) is 11.3 Å². The maximum atomic E-state index is 5.37. The zero-order valence-electron chi connectivity index (χ0n) is 9.49. The van der Waals surface area contributed by atoms with Crippen molar-refractivity contribution in [3.63, 3.8) is 0 Å². The molecule has 1 aromatic carbocycles. The number of benzene rings is 1. The van der Waals surface area contributed by atoms with Crippen LogP contribution in [0, 0.1) is 13.8 Å². The van der Waals surface area contributed by atoms with E-state index in [4.69, 9.17) is 5.84 Å². The molecule has 0 saturated heterocycles. The first-order chi connectivity index (χ1) is 7.70. The second kappa shape index (κ2) is 4.33. The third-order valence-electron chi connectivity index (χ3n) is 2.73. The van der Waals surface area contributed by atoms with Gasteiger partial charge in [0.15, 0.2) is 0 Å². The van der Waals surface area contributed by atoms with Crippen molar-refractivity contribution in [1.82, 2.24) is 4.98 Å². The Balaban J connectivity index is 2.46. The molecule has 82 valence electrons. The second-order valence-electron chi connectivity index (χ2n) is 3.87. The zero-order valence-corrected chi connectivity index (χ0v) is 9.49. The number of hydrogen-bond acceptors (Lipinski definition) is 3. The molecule has 0 amide bonds. The molecule has 2 aromatic rings. The van der Waals surface area contributed by atoms with Gasteiger partial charge in [0.25, 0.3) is 0 Å². The lowest BCUT2D eigenvalue weighted by atomic mass is 10.0. The number of anilines is 1. The second-order valence-corrected chi connectivity index (χ2v) is 3.87. The van der Waals surface area contributed by atoms with E-state index in [1.165, 1.54) is 11.1 Å². The molecule has 0 bridgehead atoms. The monoisotopic (exact) mass is 213 g/mol. The van der Waals surface area contributed by atoms with Crippen molar-refractivity contribution in [2.24, 2.45) is 5.84 Å². The van der Waals surface area contributed by atoms with Crippen LogP contribution in [0.2, 0.25) is 0 Å².